The van der Waals surface area contributed by atoms with E-state index in [1.54, 1.807) is 0 Å². The van der Waals surface area contributed by atoms with Crippen molar-refractivity contribution in [2.24, 2.45) is 28.6 Å². The summed E-state index contributed by atoms with van der Waals surface area (Å²) in [6.07, 6.45) is 10.0. The zero-order valence-electron chi connectivity index (χ0n) is 14.7. The lowest BCUT2D eigenvalue weighted by Gasteiger charge is -2.32. The molecule has 0 aliphatic heterocycles. The summed E-state index contributed by atoms with van der Waals surface area (Å²) in [6, 6.07) is 0. The van der Waals surface area contributed by atoms with Gasteiger partial charge in [-0.25, -0.2) is 0 Å². The molecule has 0 saturated heterocycles. The molecular formula is C19H38. The minimum atomic E-state index is 0.560. The third kappa shape index (κ3) is 4.23. The molecule has 114 valence electrons. The van der Waals surface area contributed by atoms with Crippen molar-refractivity contribution in [2.75, 3.05) is 0 Å². The molecule has 1 aliphatic rings. The summed E-state index contributed by atoms with van der Waals surface area (Å²) in [7, 11) is 0. The van der Waals surface area contributed by atoms with Gasteiger partial charge in [0.05, 0.1) is 0 Å². The summed E-state index contributed by atoms with van der Waals surface area (Å²) in [5, 5.41) is 0. The molecule has 3 atom stereocenters. The molecule has 0 nitrogen and oxygen atoms in total. The normalized spacial score (nSPS) is 28.7. The van der Waals surface area contributed by atoms with Crippen molar-refractivity contribution in [2.45, 2.75) is 93.4 Å². The summed E-state index contributed by atoms with van der Waals surface area (Å²) >= 11 is 0. The van der Waals surface area contributed by atoms with Crippen molar-refractivity contribution in [3.05, 3.63) is 0 Å². The van der Waals surface area contributed by atoms with Crippen molar-refractivity contribution in [3.63, 3.8) is 0 Å². The maximum absolute atomic E-state index is 2.54. The van der Waals surface area contributed by atoms with Gasteiger partial charge in [-0.1, -0.05) is 80.6 Å². The first-order valence-corrected chi connectivity index (χ1v) is 8.75. The zero-order chi connectivity index (χ0) is 14.7. The molecule has 0 bridgehead atoms. The van der Waals surface area contributed by atoms with Crippen molar-refractivity contribution in [1.29, 1.82) is 0 Å². The Kier molecular flexibility index (Phi) is 5.96. The van der Waals surface area contributed by atoms with Crippen LogP contribution in [0.3, 0.4) is 0 Å². The van der Waals surface area contributed by atoms with E-state index in [0.717, 1.165) is 17.8 Å². The van der Waals surface area contributed by atoms with Gasteiger partial charge in [0.1, 0.15) is 0 Å². The Bertz CT molecular complexity index is 263. The summed E-state index contributed by atoms with van der Waals surface area (Å²) in [6.45, 7) is 17.1. The minimum Gasteiger partial charge on any atom is -0.0654 e. The van der Waals surface area contributed by atoms with E-state index in [1.165, 1.54) is 44.9 Å². The minimum absolute atomic E-state index is 0.560. The van der Waals surface area contributed by atoms with Crippen LogP contribution < -0.4 is 0 Å². The Hall–Kier alpha value is 0. The summed E-state index contributed by atoms with van der Waals surface area (Å²) in [4.78, 5) is 0. The molecular weight excluding hydrogens is 228 g/mol. The van der Waals surface area contributed by atoms with Crippen LogP contribution in [0.5, 0.6) is 0 Å². The van der Waals surface area contributed by atoms with Crippen LogP contribution in [-0.4, -0.2) is 0 Å². The van der Waals surface area contributed by atoms with Gasteiger partial charge in [0.2, 0.25) is 0 Å². The highest BCUT2D eigenvalue weighted by atomic mass is 14.6. The fourth-order valence-electron chi connectivity index (χ4n) is 4.17. The number of rotatable bonds is 9. The fraction of sp³-hybridized carbons (Fsp3) is 1.00. The van der Waals surface area contributed by atoms with Crippen LogP contribution in [0.2, 0.25) is 0 Å². The topological polar surface area (TPSA) is 0 Å². The van der Waals surface area contributed by atoms with Gasteiger partial charge in [-0.05, 0) is 41.4 Å². The Morgan fingerprint density at radius 1 is 1.05 bits per heavy atom. The van der Waals surface area contributed by atoms with Gasteiger partial charge in [-0.15, -0.1) is 0 Å². The highest BCUT2D eigenvalue weighted by molar-refractivity contribution is 5.08. The quantitative estimate of drug-likeness (QED) is 0.408. The van der Waals surface area contributed by atoms with E-state index in [4.69, 9.17) is 0 Å². The Morgan fingerprint density at radius 2 is 1.63 bits per heavy atom. The maximum Gasteiger partial charge on any atom is -0.0261 e. The van der Waals surface area contributed by atoms with E-state index in [9.17, 15) is 0 Å². The van der Waals surface area contributed by atoms with Crippen molar-refractivity contribution in [3.8, 4) is 0 Å². The number of unbranched alkanes of at least 4 members (excludes halogenated alkanes) is 4. The van der Waals surface area contributed by atoms with Crippen LogP contribution in [0, 0.1) is 28.6 Å². The lowest BCUT2D eigenvalue weighted by Crippen LogP contribution is -2.24. The van der Waals surface area contributed by atoms with E-state index < -0.39 is 0 Å². The number of hydrogen-bond acceptors (Lipinski definition) is 0. The molecule has 1 fully saturated rings. The van der Waals surface area contributed by atoms with Crippen molar-refractivity contribution < 1.29 is 0 Å². The smallest absolute Gasteiger partial charge is 0.0261 e. The Morgan fingerprint density at radius 3 is 2.16 bits per heavy atom. The van der Waals surface area contributed by atoms with Gasteiger partial charge < -0.3 is 0 Å². The average Bonchev–Trinajstić information content (AvgIpc) is 3.02. The van der Waals surface area contributed by atoms with E-state index in [1.807, 2.05) is 0 Å². The molecule has 19 heavy (non-hydrogen) atoms. The molecule has 1 saturated carbocycles. The summed E-state index contributed by atoms with van der Waals surface area (Å²) in [5.41, 5.74) is 1.19. The Balaban J connectivity index is 2.39. The molecule has 0 radical (unpaired) electrons. The number of hydrogen-bond donors (Lipinski definition) is 0. The molecule has 1 rings (SSSR count). The van der Waals surface area contributed by atoms with E-state index >= 15 is 0 Å². The largest absolute Gasteiger partial charge is 0.0654 e. The average molecular weight is 267 g/mol. The lowest BCUT2D eigenvalue weighted by atomic mass is 9.73. The molecule has 0 spiro atoms. The molecule has 0 N–H and O–H groups in total. The monoisotopic (exact) mass is 266 g/mol. The Labute approximate surface area is 122 Å². The maximum atomic E-state index is 2.54. The molecule has 3 unspecified atom stereocenters. The van der Waals surface area contributed by atoms with Crippen LogP contribution in [0.4, 0.5) is 0 Å². The summed E-state index contributed by atoms with van der Waals surface area (Å²) in [5.74, 6) is 2.66. The predicted octanol–water partition coefficient (Wildman–Crippen LogP) is 6.69. The van der Waals surface area contributed by atoms with E-state index in [2.05, 4.69) is 48.5 Å². The molecule has 0 heteroatoms. The van der Waals surface area contributed by atoms with Gasteiger partial charge in [-0.3, -0.25) is 0 Å². The van der Waals surface area contributed by atoms with E-state index in [-0.39, 0.29) is 0 Å². The third-order valence-corrected chi connectivity index (χ3v) is 6.19. The molecule has 0 aromatic heterocycles. The molecule has 0 amide bonds. The van der Waals surface area contributed by atoms with Gasteiger partial charge in [0.15, 0.2) is 0 Å². The fourth-order valence-corrected chi connectivity index (χ4v) is 4.17. The molecule has 0 heterocycles. The second-order valence-corrected chi connectivity index (χ2v) is 8.45. The second-order valence-electron chi connectivity index (χ2n) is 8.45. The van der Waals surface area contributed by atoms with Crippen LogP contribution in [0.15, 0.2) is 0 Å². The zero-order valence-corrected chi connectivity index (χ0v) is 14.7. The highest BCUT2D eigenvalue weighted by Crippen LogP contribution is 2.66. The highest BCUT2D eigenvalue weighted by Gasteiger charge is 2.59. The second kappa shape index (κ2) is 6.64. The molecule has 0 aromatic rings. The van der Waals surface area contributed by atoms with Gasteiger partial charge in [-0.2, -0.15) is 0 Å². The van der Waals surface area contributed by atoms with Crippen LogP contribution in [-0.2, 0) is 0 Å². The van der Waals surface area contributed by atoms with Crippen LogP contribution >= 0.6 is 0 Å². The van der Waals surface area contributed by atoms with Crippen molar-refractivity contribution in [1.82, 2.24) is 0 Å². The van der Waals surface area contributed by atoms with Gasteiger partial charge >= 0.3 is 0 Å². The van der Waals surface area contributed by atoms with Gasteiger partial charge in [0, 0.05) is 0 Å². The molecule has 1 aliphatic carbocycles. The van der Waals surface area contributed by atoms with Crippen LogP contribution in [0.1, 0.15) is 93.4 Å². The SMILES string of the molecule is CCCCCCCC(C)(C)C1CC1(C)C(C)C(C)C. The standard InChI is InChI=1S/C19H38/c1-8-9-10-11-12-13-18(5,6)17-14-19(17,7)16(4)15(2)3/h15-17H,8-14H2,1-7H3. The first kappa shape index (κ1) is 17.1. The van der Waals surface area contributed by atoms with Crippen molar-refractivity contribution >= 4 is 0 Å². The predicted molar refractivity (Wildman–Crippen MR) is 87.4 cm³/mol. The summed E-state index contributed by atoms with van der Waals surface area (Å²) < 4.78 is 0. The van der Waals surface area contributed by atoms with Gasteiger partial charge in [0.25, 0.3) is 0 Å². The first-order chi connectivity index (χ1) is 8.75. The van der Waals surface area contributed by atoms with E-state index in [0.29, 0.717) is 10.8 Å². The first-order valence-electron chi connectivity index (χ1n) is 8.75. The lowest BCUT2D eigenvalue weighted by molar-refractivity contribution is 0.173. The third-order valence-electron chi connectivity index (χ3n) is 6.19. The van der Waals surface area contributed by atoms with Crippen LogP contribution in [0.25, 0.3) is 0 Å². The molecule has 0 aromatic carbocycles.